The third kappa shape index (κ3) is 3.45. The van der Waals surface area contributed by atoms with Crippen LogP contribution < -0.4 is 0 Å². The molecule has 0 unspecified atom stereocenters. The van der Waals surface area contributed by atoms with Crippen molar-refractivity contribution in [2.45, 2.75) is 5.41 Å². The Balaban J connectivity index is 1.27. The summed E-state index contributed by atoms with van der Waals surface area (Å²) in [5, 5.41) is 4.96. The number of para-hydroxylation sites is 3. The van der Waals surface area contributed by atoms with Gasteiger partial charge in [-0.2, -0.15) is 0 Å². The zero-order valence-corrected chi connectivity index (χ0v) is 28.1. The van der Waals surface area contributed by atoms with Crippen molar-refractivity contribution >= 4 is 43.6 Å². The van der Waals surface area contributed by atoms with E-state index in [1.807, 2.05) is 12.1 Å². The molecule has 0 fully saturated rings. The molecule has 0 atom stereocenters. The summed E-state index contributed by atoms with van der Waals surface area (Å²) in [5.74, 6) is 0.832. The van der Waals surface area contributed by atoms with Crippen molar-refractivity contribution in [3.8, 4) is 39.3 Å². The molecule has 0 N–H and O–H groups in total. The zero-order chi connectivity index (χ0) is 34.0. The highest BCUT2D eigenvalue weighted by Gasteiger charge is 2.52. The molecule has 2 aliphatic rings. The molecule has 12 rings (SSSR count). The molecule has 0 saturated heterocycles. The van der Waals surface area contributed by atoms with Crippen molar-refractivity contribution in [1.82, 2.24) is 14.5 Å². The van der Waals surface area contributed by atoms with Gasteiger partial charge in [-0.3, -0.25) is 4.57 Å². The van der Waals surface area contributed by atoms with Crippen molar-refractivity contribution in [2.75, 3.05) is 0 Å². The predicted octanol–water partition coefficient (Wildman–Crippen LogP) is 11.9. The predicted molar refractivity (Wildman–Crippen MR) is 213 cm³/mol. The Bertz CT molecular complexity index is 3090. The van der Waals surface area contributed by atoms with Gasteiger partial charge >= 0.3 is 0 Å². The van der Waals surface area contributed by atoms with Crippen LogP contribution in [0.5, 0.6) is 0 Å². The highest BCUT2D eigenvalue weighted by molar-refractivity contribution is 6.19. The number of nitrogens with zero attached hydrogens (tertiary/aromatic N) is 3. The van der Waals surface area contributed by atoms with Crippen molar-refractivity contribution in [2.24, 2.45) is 0 Å². The Hall–Kier alpha value is -6.84. The smallest absolute Gasteiger partial charge is 0.165 e. The standard InChI is InChI=1S/C49H29N3/c1-2-14-30(15-3-1)47-48(51-42-24-12-11-23-41(42)50-47)52-43-25-13-8-20-35(43)46-44(52)27-26-39-45(46)36-28-31-16-4-5-17-32(31)29-40(36)49(39)37-21-9-6-18-33(37)34-19-7-10-22-38(34)49/h1-29H. The first-order valence-electron chi connectivity index (χ1n) is 17.9. The number of hydrogen-bond acceptors (Lipinski definition) is 2. The van der Waals surface area contributed by atoms with E-state index >= 15 is 0 Å². The summed E-state index contributed by atoms with van der Waals surface area (Å²) in [7, 11) is 0. The largest absolute Gasteiger partial charge is 0.292 e. The van der Waals surface area contributed by atoms with Crippen LogP contribution in [0.2, 0.25) is 0 Å². The van der Waals surface area contributed by atoms with Crippen LogP contribution >= 0.6 is 0 Å². The van der Waals surface area contributed by atoms with Crippen LogP contribution in [0, 0.1) is 0 Å². The van der Waals surface area contributed by atoms with Crippen LogP contribution in [0.15, 0.2) is 176 Å². The van der Waals surface area contributed by atoms with E-state index in [4.69, 9.17) is 9.97 Å². The first-order chi connectivity index (χ1) is 25.8. The molecule has 0 bridgehead atoms. The molecule has 240 valence electrons. The SMILES string of the molecule is c1ccc(-c2nc3ccccc3nc2-n2c3ccccc3c3c4c(ccc32)C2(c3ccccc3-c3ccccc32)c2cc3ccccc3cc2-4)cc1. The van der Waals surface area contributed by atoms with E-state index < -0.39 is 5.41 Å². The topological polar surface area (TPSA) is 30.7 Å². The van der Waals surface area contributed by atoms with Gasteiger partial charge in [-0.15, -0.1) is 0 Å². The lowest BCUT2D eigenvalue weighted by molar-refractivity contribution is 0.795. The van der Waals surface area contributed by atoms with Crippen LogP contribution in [-0.2, 0) is 5.41 Å². The van der Waals surface area contributed by atoms with E-state index in [1.165, 1.54) is 66.1 Å². The van der Waals surface area contributed by atoms with E-state index in [9.17, 15) is 0 Å². The van der Waals surface area contributed by atoms with Gasteiger partial charge in [0.2, 0.25) is 0 Å². The second kappa shape index (κ2) is 10.1. The van der Waals surface area contributed by atoms with Gasteiger partial charge in [0.15, 0.2) is 5.82 Å². The molecule has 52 heavy (non-hydrogen) atoms. The van der Waals surface area contributed by atoms with Gasteiger partial charge in [0.25, 0.3) is 0 Å². The Morgan fingerprint density at radius 1 is 0.423 bits per heavy atom. The molecule has 2 aliphatic carbocycles. The number of benzene rings is 8. The first-order valence-corrected chi connectivity index (χ1v) is 17.9. The second-order valence-electron chi connectivity index (χ2n) is 14.1. The fourth-order valence-corrected chi connectivity index (χ4v) is 9.54. The average Bonchev–Trinajstić information content (AvgIpc) is 3.81. The average molecular weight is 660 g/mol. The van der Waals surface area contributed by atoms with E-state index in [-0.39, 0.29) is 0 Å². The molecule has 0 radical (unpaired) electrons. The lowest BCUT2D eigenvalue weighted by Crippen LogP contribution is -2.25. The van der Waals surface area contributed by atoms with Crippen LogP contribution in [0.25, 0.3) is 82.9 Å². The Labute approximate surface area is 300 Å². The first kappa shape index (κ1) is 27.9. The lowest BCUT2D eigenvalue weighted by atomic mass is 9.70. The number of rotatable bonds is 2. The summed E-state index contributed by atoms with van der Waals surface area (Å²) in [6.07, 6.45) is 0. The monoisotopic (exact) mass is 659 g/mol. The van der Waals surface area contributed by atoms with Crippen molar-refractivity contribution < 1.29 is 0 Å². The number of fused-ring (bicyclic) bond motifs is 16. The minimum absolute atomic E-state index is 0.447. The fourth-order valence-electron chi connectivity index (χ4n) is 9.54. The summed E-state index contributed by atoms with van der Waals surface area (Å²) >= 11 is 0. The van der Waals surface area contributed by atoms with Crippen LogP contribution in [0.3, 0.4) is 0 Å². The fraction of sp³-hybridized carbons (Fsp3) is 0.0204. The normalized spacial score (nSPS) is 13.5. The van der Waals surface area contributed by atoms with Crippen LogP contribution in [0.4, 0.5) is 0 Å². The van der Waals surface area contributed by atoms with E-state index in [0.29, 0.717) is 0 Å². The molecule has 3 heteroatoms. The summed E-state index contributed by atoms with van der Waals surface area (Å²) in [6.45, 7) is 0. The quantitative estimate of drug-likeness (QED) is 0.185. The molecule has 3 nitrogen and oxygen atoms in total. The van der Waals surface area contributed by atoms with E-state index in [1.54, 1.807) is 0 Å². The third-order valence-electron chi connectivity index (χ3n) is 11.6. The molecule has 2 heterocycles. The minimum Gasteiger partial charge on any atom is -0.292 e. The van der Waals surface area contributed by atoms with Crippen molar-refractivity contribution in [3.63, 3.8) is 0 Å². The second-order valence-corrected chi connectivity index (χ2v) is 14.1. The highest BCUT2D eigenvalue weighted by atomic mass is 15.1. The Morgan fingerprint density at radius 2 is 1.04 bits per heavy atom. The summed E-state index contributed by atoms with van der Waals surface area (Å²) < 4.78 is 2.36. The Kier molecular flexibility index (Phi) is 5.43. The maximum atomic E-state index is 5.40. The van der Waals surface area contributed by atoms with Gasteiger partial charge in [-0.25, -0.2) is 9.97 Å². The maximum absolute atomic E-state index is 5.40. The van der Waals surface area contributed by atoms with Gasteiger partial charge in [0.1, 0.15) is 5.69 Å². The van der Waals surface area contributed by atoms with Gasteiger partial charge in [0, 0.05) is 16.3 Å². The summed E-state index contributed by atoms with van der Waals surface area (Å²) in [5.41, 5.74) is 16.0. The highest BCUT2D eigenvalue weighted by Crippen LogP contribution is 2.64. The maximum Gasteiger partial charge on any atom is 0.165 e. The van der Waals surface area contributed by atoms with Gasteiger partial charge in [-0.05, 0) is 91.7 Å². The zero-order valence-electron chi connectivity index (χ0n) is 28.1. The molecule has 0 amide bonds. The van der Waals surface area contributed by atoms with E-state index in [2.05, 4.69) is 168 Å². The van der Waals surface area contributed by atoms with Gasteiger partial charge in [0.05, 0.1) is 27.5 Å². The summed E-state index contributed by atoms with van der Waals surface area (Å²) in [4.78, 5) is 10.7. The third-order valence-corrected chi connectivity index (χ3v) is 11.6. The van der Waals surface area contributed by atoms with Gasteiger partial charge in [-0.1, -0.05) is 140 Å². The molecule has 0 aliphatic heterocycles. The van der Waals surface area contributed by atoms with Crippen molar-refractivity contribution in [3.05, 3.63) is 198 Å². The molecule has 10 aromatic rings. The molecule has 2 aromatic heterocycles. The van der Waals surface area contributed by atoms with E-state index in [0.717, 1.165) is 39.1 Å². The minimum atomic E-state index is -0.447. The number of hydrogen-bond donors (Lipinski definition) is 0. The van der Waals surface area contributed by atoms with Gasteiger partial charge < -0.3 is 0 Å². The number of aromatic nitrogens is 3. The molecule has 1 spiro atoms. The molecule has 8 aromatic carbocycles. The van der Waals surface area contributed by atoms with Crippen LogP contribution in [0.1, 0.15) is 22.3 Å². The van der Waals surface area contributed by atoms with Crippen LogP contribution in [-0.4, -0.2) is 14.5 Å². The lowest BCUT2D eigenvalue weighted by Gasteiger charge is -2.30. The summed E-state index contributed by atoms with van der Waals surface area (Å²) in [6, 6.07) is 64.0. The van der Waals surface area contributed by atoms with Crippen molar-refractivity contribution in [1.29, 1.82) is 0 Å². The molecular formula is C49H29N3. The Morgan fingerprint density at radius 3 is 1.81 bits per heavy atom. The molecule has 0 saturated carbocycles. The molecular weight excluding hydrogens is 631 g/mol.